The molecule has 50 valence electrons. The number of nitrogens with zero attached hydrogens (tertiary/aromatic N) is 2. The number of hydrogen-bond donors (Lipinski definition) is 2. The molecular weight excluding hydrogens is 118 g/mol. The third-order valence-corrected chi connectivity index (χ3v) is 0.958. The van der Waals surface area contributed by atoms with E-state index in [1.807, 2.05) is 6.07 Å². The number of rotatable bonds is 2. The molecule has 0 aliphatic heterocycles. The second-order valence-corrected chi connectivity index (χ2v) is 1.90. The Balaban J connectivity index is 2.48. The van der Waals surface area contributed by atoms with Crippen LogP contribution in [0.15, 0.2) is 12.3 Å². The second-order valence-electron chi connectivity index (χ2n) is 1.90. The van der Waals surface area contributed by atoms with Gasteiger partial charge in [-0.15, -0.1) is 0 Å². The lowest BCUT2D eigenvalue weighted by atomic mass is 10.4. The molecule has 0 saturated carbocycles. The van der Waals surface area contributed by atoms with Crippen LogP contribution in [0.4, 0.5) is 0 Å². The maximum Gasteiger partial charge on any atom is 0.0652 e. The van der Waals surface area contributed by atoms with Crippen LogP contribution in [0, 0.1) is 0 Å². The lowest BCUT2D eigenvalue weighted by molar-refractivity contribution is -0.0740. The molecule has 2 N–H and O–H groups in total. The fourth-order valence-corrected chi connectivity index (χ4v) is 0.619. The van der Waals surface area contributed by atoms with E-state index in [0.717, 1.165) is 10.8 Å². The lowest BCUT2D eigenvalue weighted by Gasteiger charge is -2.03. The molecule has 1 aromatic rings. The second kappa shape index (κ2) is 2.61. The van der Waals surface area contributed by atoms with Gasteiger partial charge in [0, 0.05) is 13.2 Å². The largest absolute Gasteiger partial charge is 0.314 e. The number of hydroxylamine groups is 2. The van der Waals surface area contributed by atoms with Gasteiger partial charge in [0.1, 0.15) is 0 Å². The van der Waals surface area contributed by atoms with Crippen LogP contribution in [0.5, 0.6) is 0 Å². The van der Waals surface area contributed by atoms with Crippen molar-refractivity contribution in [2.24, 2.45) is 0 Å². The first-order chi connectivity index (χ1) is 4.29. The van der Waals surface area contributed by atoms with Crippen molar-refractivity contribution in [2.45, 2.75) is 6.54 Å². The van der Waals surface area contributed by atoms with E-state index in [0.29, 0.717) is 6.54 Å². The van der Waals surface area contributed by atoms with E-state index in [1.165, 1.54) is 0 Å². The summed E-state index contributed by atoms with van der Waals surface area (Å²) < 4.78 is 0. The molecule has 0 bridgehead atoms. The summed E-state index contributed by atoms with van der Waals surface area (Å²) in [6, 6.07) is 1.81. The molecule has 1 rings (SSSR count). The van der Waals surface area contributed by atoms with Crippen LogP contribution < -0.4 is 0 Å². The zero-order chi connectivity index (χ0) is 6.69. The van der Waals surface area contributed by atoms with E-state index in [9.17, 15) is 0 Å². The van der Waals surface area contributed by atoms with Crippen LogP contribution in [0.25, 0.3) is 0 Å². The van der Waals surface area contributed by atoms with E-state index in [4.69, 9.17) is 5.21 Å². The Morgan fingerprint density at radius 3 is 3.11 bits per heavy atom. The summed E-state index contributed by atoms with van der Waals surface area (Å²) in [5.74, 6) is 0. The standard InChI is InChI=1S/C5H9N3O/c1-8(9)4-5-2-3-6-7-5/h2-3,9H,4H2,1H3,(H,6,7). The summed E-state index contributed by atoms with van der Waals surface area (Å²) in [4.78, 5) is 0. The Hall–Kier alpha value is -0.870. The summed E-state index contributed by atoms with van der Waals surface area (Å²) in [5, 5.41) is 16.2. The van der Waals surface area contributed by atoms with Gasteiger partial charge in [-0.2, -0.15) is 10.2 Å². The number of aromatic nitrogens is 2. The average molecular weight is 127 g/mol. The molecule has 0 spiro atoms. The third kappa shape index (κ3) is 1.83. The molecule has 4 nitrogen and oxygen atoms in total. The van der Waals surface area contributed by atoms with Gasteiger partial charge in [0.25, 0.3) is 0 Å². The van der Waals surface area contributed by atoms with Crippen LogP contribution in [0.3, 0.4) is 0 Å². The fraction of sp³-hybridized carbons (Fsp3) is 0.400. The van der Waals surface area contributed by atoms with E-state index in [-0.39, 0.29) is 0 Å². The zero-order valence-corrected chi connectivity index (χ0v) is 5.20. The molecular formula is C5H9N3O. The minimum atomic E-state index is 0.486. The van der Waals surface area contributed by atoms with Crippen LogP contribution in [-0.2, 0) is 6.54 Å². The van der Waals surface area contributed by atoms with Crippen molar-refractivity contribution in [1.82, 2.24) is 15.3 Å². The van der Waals surface area contributed by atoms with Gasteiger partial charge in [-0.3, -0.25) is 5.10 Å². The predicted octanol–water partition coefficient (Wildman–Crippen LogP) is 0.231. The highest BCUT2D eigenvalue weighted by Gasteiger charge is 1.94. The molecule has 4 heteroatoms. The molecule has 0 amide bonds. The number of nitrogens with one attached hydrogen (secondary N) is 1. The summed E-state index contributed by atoms with van der Waals surface area (Å²) in [6.07, 6.45) is 1.65. The molecule has 9 heavy (non-hydrogen) atoms. The van der Waals surface area contributed by atoms with Gasteiger partial charge < -0.3 is 5.21 Å². The molecule has 1 heterocycles. The van der Waals surface area contributed by atoms with Crippen LogP contribution in [-0.4, -0.2) is 27.5 Å². The summed E-state index contributed by atoms with van der Waals surface area (Å²) in [7, 11) is 1.58. The molecule has 0 saturated heterocycles. The smallest absolute Gasteiger partial charge is 0.0652 e. The van der Waals surface area contributed by atoms with Gasteiger partial charge in [0.2, 0.25) is 0 Å². The molecule has 1 aromatic heterocycles. The van der Waals surface area contributed by atoms with Crippen molar-refractivity contribution in [1.29, 1.82) is 0 Å². The Bertz CT molecular complexity index is 159. The first kappa shape index (κ1) is 6.25. The zero-order valence-electron chi connectivity index (χ0n) is 5.20. The van der Waals surface area contributed by atoms with E-state index in [2.05, 4.69) is 10.2 Å². The van der Waals surface area contributed by atoms with Crippen molar-refractivity contribution >= 4 is 0 Å². The maximum absolute atomic E-state index is 8.71. The highest BCUT2D eigenvalue weighted by molar-refractivity contribution is 4.95. The first-order valence-corrected chi connectivity index (χ1v) is 2.67. The molecule has 0 aliphatic rings. The Labute approximate surface area is 53.1 Å². The van der Waals surface area contributed by atoms with Gasteiger partial charge in [0.05, 0.1) is 12.2 Å². The summed E-state index contributed by atoms with van der Waals surface area (Å²) >= 11 is 0. The van der Waals surface area contributed by atoms with Crippen LogP contribution in [0.1, 0.15) is 5.69 Å². The minimum Gasteiger partial charge on any atom is -0.314 e. The average Bonchev–Trinajstić information content (AvgIpc) is 2.15. The van der Waals surface area contributed by atoms with E-state index < -0.39 is 0 Å². The summed E-state index contributed by atoms with van der Waals surface area (Å²) in [5.41, 5.74) is 0.903. The topological polar surface area (TPSA) is 52.1 Å². The Morgan fingerprint density at radius 2 is 2.67 bits per heavy atom. The van der Waals surface area contributed by atoms with Crippen LogP contribution >= 0.6 is 0 Å². The molecule has 0 atom stereocenters. The number of hydrogen-bond acceptors (Lipinski definition) is 3. The van der Waals surface area contributed by atoms with Crippen LogP contribution in [0.2, 0.25) is 0 Å². The fourth-order valence-electron chi connectivity index (χ4n) is 0.619. The van der Waals surface area contributed by atoms with E-state index >= 15 is 0 Å². The highest BCUT2D eigenvalue weighted by atomic mass is 16.5. The third-order valence-electron chi connectivity index (χ3n) is 0.958. The molecule has 0 fully saturated rings. The Morgan fingerprint density at radius 1 is 1.89 bits per heavy atom. The molecule has 0 radical (unpaired) electrons. The summed E-state index contributed by atoms with van der Waals surface area (Å²) in [6.45, 7) is 0.486. The quantitative estimate of drug-likeness (QED) is 0.559. The van der Waals surface area contributed by atoms with E-state index in [1.54, 1.807) is 13.2 Å². The number of aromatic amines is 1. The first-order valence-electron chi connectivity index (χ1n) is 2.67. The van der Waals surface area contributed by atoms with Gasteiger partial charge >= 0.3 is 0 Å². The van der Waals surface area contributed by atoms with Gasteiger partial charge in [-0.1, -0.05) is 0 Å². The van der Waals surface area contributed by atoms with Crippen molar-refractivity contribution in [3.8, 4) is 0 Å². The van der Waals surface area contributed by atoms with Gasteiger partial charge in [0.15, 0.2) is 0 Å². The predicted molar refractivity (Wildman–Crippen MR) is 31.8 cm³/mol. The van der Waals surface area contributed by atoms with Gasteiger partial charge in [-0.05, 0) is 6.07 Å². The van der Waals surface area contributed by atoms with Crippen molar-refractivity contribution in [3.05, 3.63) is 18.0 Å². The molecule has 0 aromatic carbocycles. The SMILES string of the molecule is CN(O)Cc1ccn[nH]1. The normalized spacial score (nSPS) is 10.6. The molecule has 0 unspecified atom stereocenters. The Kier molecular flexibility index (Phi) is 1.81. The maximum atomic E-state index is 8.71. The minimum absolute atomic E-state index is 0.486. The van der Waals surface area contributed by atoms with Crippen molar-refractivity contribution < 1.29 is 5.21 Å². The molecule has 0 aliphatic carbocycles. The number of H-pyrrole nitrogens is 1. The van der Waals surface area contributed by atoms with Crippen molar-refractivity contribution in [2.75, 3.05) is 7.05 Å². The highest BCUT2D eigenvalue weighted by Crippen LogP contribution is 1.93. The van der Waals surface area contributed by atoms with Crippen molar-refractivity contribution in [3.63, 3.8) is 0 Å². The lowest BCUT2D eigenvalue weighted by Crippen LogP contribution is -2.11. The monoisotopic (exact) mass is 127 g/mol. The van der Waals surface area contributed by atoms with Gasteiger partial charge in [-0.25, -0.2) is 0 Å².